The van der Waals surface area contributed by atoms with Crippen LogP contribution in [0.25, 0.3) is 0 Å². The van der Waals surface area contributed by atoms with Crippen molar-refractivity contribution in [2.45, 2.75) is 64.1 Å². The molecule has 1 amide bonds. The highest BCUT2D eigenvalue weighted by molar-refractivity contribution is 7.90. The van der Waals surface area contributed by atoms with Crippen molar-refractivity contribution in [3.05, 3.63) is 53.9 Å². The highest BCUT2D eigenvalue weighted by Crippen LogP contribution is 2.45. The molecule has 1 aromatic carbocycles. The summed E-state index contributed by atoms with van der Waals surface area (Å²) in [6, 6.07) is 9.39. The molecule has 1 aromatic heterocycles. The molecule has 3 rings (SSSR count). The van der Waals surface area contributed by atoms with Gasteiger partial charge in [0.25, 0.3) is 10.0 Å². The van der Waals surface area contributed by atoms with Gasteiger partial charge in [0.15, 0.2) is 0 Å². The maximum absolute atomic E-state index is 13.4. The molecule has 1 saturated heterocycles. The van der Waals surface area contributed by atoms with Crippen molar-refractivity contribution < 1.29 is 32.6 Å². The number of nitrogens with zero attached hydrogens (tertiary/aromatic N) is 2. The number of aliphatic hydroxyl groups is 1. The SMILES string of the molecule is CCOC(=O)C1(C(O)c2cccn2S(=O)(=O)c2ccc(C)cc2)CCN(C(=O)OC(C)(C)C)CC1. The van der Waals surface area contributed by atoms with E-state index in [4.69, 9.17) is 9.47 Å². The fourth-order valence-electron chi connectivity index (χ4n) is 4.20. The molecular weight excluding hydrogens is 472 g/mol. The first-order valence-corrected chi connectivity index (χ1v) is 13.1. The third kappa shape index (κ3) is 5.54. The van der Waals surface area contributed by atoms with Crippen LogP contribution in [0, 0.1) is 12.3 Å². The number of carbonyl (C=O) groups excluding carboxylic acids is 2. The van der Waals surface area contributed by atoms with Crippen molar-refractivity contribution in [1.29, 1.82) is 0 Å². The summed E-state index contributed by atoms with van der Waals surface area (Å²) in [5.41, 5.74) is -1.12. The van der Waals surface area contributed by atoms with Crippen LogP contribution in [0.15, 0.2) is 47.5 Å². The van der Waals surface area contributed by atoms with Crippen molar-refractivity contribution in [2.24, 2.45) is 5.41 Å². The second kappa shape index (κ2) is 10.0. The summed E-state index contributed by atoms with van der Waals surface area (Å²) in [5, 5.41) is 11.5. The van der Waals surface area contributed by atoms with E-state index in [9.17, 15) is 23.1 Å². The molecule has 35 heavy (non-hydrogen) atoms. The predicted octanol–water partition coefficient (Wildman–Crippen LogP) is 3.65. The summed E-state index contributed by atoms with van der Waals surface area (Å²) in [7, 11) is -4.02. The standard InChI is InChI=1S/C25H34N2O7S/c1-6-33-22(29)25(13-16-26(17-14-25)23(30)34-24(3,4)5)21(28)20-8-7-15-27(20)35(31,32)19-11-9-18(2)10-12-19/h7-12,15,21,28H,6,13-14,16-17H2,1-5H3. The molecule has 1 N–H and O–H groups in total. The quantitative estimate of drug-likeness (QED) is 0.595. The minimum atomic E-state index is -4.02. The highest BCUT2D eigenvalue weighted by atomic mass is 32.2. The Bertz CT molecular complexity index is 1160. The Kier molecular flexibility index (Phi) is 7.66. The Balaban J connectivity index is 1.94. The maximum Gasteiger partial charge on any atom is 0.410 e. The first-order chi connectivity index (χ1) is 16.3. The lowest BCUT2D eigenvalue weighted by molar-refractivity contribution is -0.169. The van der Waals surface area contributed by atoms with Crippen LogP contribution < -0.4 is 0 Å². The molecule has 0 radical (unpaired) electrons. The number of aryl methyl sites for hydroxylation is 1. The first kappa shape index (κ1) is 26.7. The number of aromatic nitrogens is 1. The van der Waals surface area contributed by atoms with Crippen molar-refractivity contribution in [3.63, 3.8) is 0 Å². The highest BCUT2D eigenvalue weighted by Gasteiger charge is 2.51. The molecule has 192 valence electrons. The number of rotatable bonds is 6. The second-order valence-electron chi connectivity index (χ2n) is 9.79. The number of amides is 1. The molecule has 1 aliphatic heterocycles. The normalized spacial score (nSPS) is 17.0. The van der Waals surface area contributed by atoms with Crippen LogP contribution in [-0.4, -0.2) is 59.8 Å². The van der Waals surface area contributed by atoms with Gasteiger partial charge in [0, 0.05) is 19.3 Å². The van der Waals surface area contributed by atoms with E-state index in [-0.39, 0.29) is 43.1 Å². The van der Waals surface area contributed by atoms with Crippen molar-refractivity contribution in [1.82, 2.24) is 8.87 Å². The van der Waals surface area contributed by atoms with Crippen LogP contribution in [0.5, 0.6) is 0 Å². The molecule has 1 fully saturated rings. The first-order valence-electron chi connectivity index (χ1n) is 11.6. The molecule has 0 aliphatic carbocycles. The molecule has 1 aliphatic rings. The zero-order chi connectivity index (χ0) is 26.0. The monoisotopic (exact) mass is 506 g/mol. The smallest absolute Gasteiger partial charge is 0.410 e. The van der Waals surface area contributed by atoms with Crippen molar-refractivity contribution in [2.75, 3.05) is 19.7 Å². The Morgan fingerprint density at radius 1 is 1.11 bits per heavy atom. The van der Waals surface area contributed by atoms with Gasteiger partial charge in [0.1, 0.15) is 17.1 Å². The van der Waals surface area contributed by atoms with Crippen LogP contribution in [0.2, 0.25) is 0 Å². The summed E-state index contributed by atoms with van der Waals surface area (Å²) >= 11 is 0. The topological polar surface area (TPSA) is 115 Å². The summed E-state index contributed by atoms with van der Waals surface area (Å²) in [6.45, 7) is 9.23. The molecule has 1 atom stereocenters. The van der Waals surface area contributed by atoms with E-state index in [1.807, 2.05) is 6.92 Å². The number of esters is 1. The largest absolute Gasteiger partial charge is 0.465 e. The lowest BCUT2D eigenvalue weighted by atomic mass is 9.72. The minimum Gasteiger partial charge on any atom is -0.465 e. The lowest BCUT2D eigenvalue weighted by Crippen LogP contribution is -2.51. The number of piperidine rings is 1. The number of hydrogen-bond acceptors (Lipinski definition) is 7. The molecule has 0 bridgehead atoms. The van der Waals surface area contributed by atoms with Gasteiger partial charge < -0.3 is 19.5 Å². The van der Waals surface area contributed by atoms with Crippen LogP contribution in [0.4, 0.5) is 4.79 Å². The average Bonchev–Trinajstić information content (AvgIpc) is 3.29. The number of ether oxygens (including phenoxy) is 2. The summed E-state index contributed by atoms with van der Waals surface area (Å²) < 4.78 is 38.5. The fourth-order valence-corrected chi connectivity index (χ4v) is 5.57. The van der Waals surface area contributed by atoms with Gasteiger partial charge >= 0.3 is 12.1 Å². The van der Waals surface area contributed by atoms with Gasteiger partial charge in [-0.15, -0.1) is 0 Å². The average molecular weight is 507 g/mol. The number of hydrogen-bond donors (Lipinski definition) is 1. The molecular formula is C25H34N2O7S. The van der Waals surface area contributed by atoms with Gasteiger partial charge in [-0.1, -0.05) is 17.7 Å². The third-order valence-corrected chi connectivity index (χ3v) is 7.83. The van der Waals surface area contributed by atoms with Crippen LogP contribution in [-0.2, 0) is 24.3 Å². The van der Waals surface area contributed by atoms with E-state index in [1.165, 1.54) is 35.4 Å². The Morgan fingerprint density at radius 3 is 2.26 bits per heavy atom. The van der Waals surface area contributed by atoms with Crippen molar-refractivity contribution in [3.8, 4) is 0 Å². The summed E-state index contributed by atoms with van der Waals surface area (Å²) in [5.74, 6) is -0.628. The van der Waals surface area contributed by atoms with E-state index >= 15 is 0 Å². The second-order valence-corrected chi connectivity index (χ2v) is 11.6. The molecule has 0 spiro atoms. The predicted molar refractivity (Wildman–Crippen MR) is 129 cm³/mol. The number of benzene rings is 1. The molecule has 2 heterocycles. The molecule has 9 nitrogen and oxygen atoms in total. The molecule has 0 saturated carbocycles. The van der Waals surface area contributed by atoms with Gasteiger partial charge in [-0.3, -0.25) is 4.79 Å². The maximum atomic E-state index is 13.4. The minimum absolute atomic E-state index is 0.0596. The number of carbonyl (C=O) groups is 2. The van der Waals surface area contributed by atoms with Gasteiger partial charge in [-0.05, 0) is 71.7 Å². The van der Waals surface area contributed by atoms with Gasteiger partial charge in [-0.25, -0.2) is 17.2 Å². The summed E-state index contributed by atoms with van der Waals surface area (Å²) in [4.78, 5) is 27.2. The van der Waals surface area contributed by atoms with Crippen LogP contribution >= 0.6 is 0 Å². The molecule has 2 aromatic rings. The van der Waals surface area contributed by atoms with Crippen LogP contribution in [0.3, 0.4) is 0 Å². The lowest BCUT2D eigenvalue weighted by Gasteiger charge is -2.42. The Hall–Kier alpha value is -2.85. The van der Waals surface area contributed by atoms with Gasteiger partial charge in [0.05, 0.1) is 17.2 Å². The number of aliphatic hydroxyl groups excluding tert-OH is 1. The van der Waals surface area contributed by atoms with Crippen LogP contribution in [0.1, 0.15) is 57.9 Å². The summed E-state index contributed by atoms with van der Waals surface area (Å²) in [6.07, 6.45) is -0.459. The van der Waals surface area contributed by atoms with Gasteiger partial charge in [-0.2, -0.15) is 0 Å². The van der Waals surface area contributed by atoms with E-state index < -0.39 is 39.2 Å². The molecule has 10 heteroatoms. The fraction of sp³-hybridized carbons (Fsp3) is 0.520. The van der Waals surface area contributed by atoms with Crippen molar-refractivity contribution >= 4 is 22.1 Å². The molecule has 1 unspecified atom stereocenters. The Morgan fingerprint density at radius 2 is 1.71 bits per heavy atom. The zero-order valence-corrected chi connectivity index (χ0v) is 21.7. The van der Waals surface area contributed by atoms with E-state index in [0.29, 0.717) is 0 Å². The van der Waals surface area contributed by atoms with E-state index in [0.717, 1.165) is 9.54 Å². The zero-order valence-electron chi connectivity index (χ0n) is 20.9. The van der Waals surface area contributed by atoms with E-state index in [1.54, 1.807) is 39.8 Å². The van der Waals surface area contributed by atoms with E-state index in [2.05, 4.69) is 0 Å². The third-order valence-electron chi connectivity index (χ3n) is 6.11. The Labute approximate surface area is 206 Å². The van der Waals surface area contributed by atoms with Gasteiger partial charge in [0.2, 0.25) is 0 Å². The number of likely N-dealkylation sites (tertiary alicyclic amines) is 1.